The van der Waals surface area contributed by atoms with E-state index in [1.54, 1.807) is 0 Å². The van der Waals surface area contributed by atoms with E-state index in [4.69, 9.17) is 0 Å². The van der Waals surface area contributed by atoms with Crippen LogP contribution in [0.5, 0.6) is 0 Å². The smallest absolute Gasteiger partial charge is 0.0187 e. The molecule has 0 fully saturated rings. The van der Waals surface area contributed by atoms with E-state index in [9.17, 15) is 0 Å². The van der Waals surface area contributed by atoms with Crippen LogP contribution in [-0.4, -0.2) is 0 Å². The molecule has 4 aromatic carbocycles. The third-order valence-corrected chi connectivity index (χ3v) is 8.38. The molecule has 182 valence electrons. The van der Waals surface area contributed by atoms with Crippen molar-refractivity contribution in [2.75, 3.05) is 0 Å². The fourth-order valence-corrected chi connectivity index (χ4v) is 6.64. The summed E-state index contributed by atoms with van der Waals surface area (Å²) in [6, 6.07) is 14.4. The van der Waals surface area contributed by atoms with Crippen LogP contribution < -0.4 is 0 Å². The van der Waals surface area contributed by atoms with Crippen molar-refractivity contribution in [2.24, 2.45) is 0 Å². The molecule has 0 radical (unpaired) electrons. The highest BCUT2D eigenvalue weighted by Gasteiger charge is 2.16. The summed E-state index contributed by atoms with van der Waals surface area (Å²) in [5.41, 5.74) is 3.02. The molecule has 0 aromatic heterocycles. The molecule has 0 bridgehead atoms. The van der Waals surface area contributed by atoms with E-state index in [2.05, 4.69) is 82.1 Å². The Labute approximate surface area is 223 Å². The Kier molecular flexibility index (Phi) is 9.71. The third-order valence-electron chi connectivity index (χ3n) is 7.47. The molecule has 0 heterocycles. The van der Waals surface area contributed by atoms with E-state index < -0.39 is 0 Å². The third kappa shape index (κ3) is 6.16. The molecule has 0 aliphatic rings. The summed E-state index contributed by atoms with van der Waals surface area (Å²) in [5.74, 6) is 0. The molecule has 34 heavy (non-hydrogen) atoms. The average Bonchev–Trinajstić information content (AvgIpc) is 2.81. The van der Waals surface area contributed by atoms with Crippen LogP contribution in [0.1, 0.15) is 102 Å². The highest BCUT2D eigenvalue weighted by molar-refractivity contribution is 9.10. The standard InChI is InChI=1S/C32H40Br2/c1-3-5-7-9-11-13-15-23-17-25-19-28(34)22-30-24(16-14-12-10-8-6-4-2)18-26-20-27(33)21-29(23)31(26)32(25)30/h17-22H,3-16H2,1-2H3. The van der Waals surface area contributed by atoms with E-state index in [0.29, 0.717) is 0 Å². The van der Waals surface area contributed by atoms with E-state index in [1.165, 1.54) is 142 Å². The number of unbranched alkanes of at least 4 members (excludes halogenated alkanes) is 10. The second kappa shape index (κ2) is 12.7. The Morgan fingerprint density at radius 2 is 0.853 bits per heavy atom. The molecule has 0 saturated heterocycles. The molecular formula is C32H40Br2. The minimum atomic E-state index is 1.17. The molecule has 0 atom stereocenters. The lowest BCUT2D eigenvalue weighted by Gasteiger charge is -2.18. The first-order chi connectivity index (χ1) is 16.6. The highest BCUT2D eigenvalue weighted by atomic mass is 79.9. The van der Waals surface area contributed by atoms with Crippen LogP contribution in [0.3, 0.4) is 0 Å². The zero-order valence-electron chi connectivity index (χ0n) is 21.1. The monoisotopic (exact) mass is 582 g/mol. The van der Waals surface area contributed by atoms with Crippen molar-refractivity contribution in [3.63, 3.8) is 0 Å². The van der Waals surface area contributed by atoms with Gasteiger partial charge in [-0.05, 0) is 93.4 Å². The average molecular weight is 584 g/mol. The van der Waals surface area contributed by atoms with Gasteiger partial charge >= 0.3 is 0 Å². The zero-order chi connectivity index (χ0) is 23.9. The summed E-state index contributed by atoms with van der Waals surface area (Å²) in [7, 11) is 0. The molecule has 4 aromatic rings. The van der Waals surface area contributed by atoms with Gasteiger partial charge in [-0.25, -0.2) is 0 Å². The lowest BCUT2D eigenvalue weighted by Crippen LogP contribution is -1.96. The summed E-state index contributed by atoms with van der Waals surface area (Å²) in [5, 5.41) is 8.63. The molecule has 0 aliphatic carbocycles. The Balaban J connectivity index is 1.67. The predicted octanol–water partition coefficient (Wildman–Crippen LogP) is 11.9. The summed E-state index contributed by atoms with van der Waals surface area (Å²) in [6.45, 7) is 4.58. The summed E-state index contributed by atoms with van der Waals surface area (Å²) >= 11 is 7.67. The van der Waals surface area contributed by atoms with Crippen LogP contribution in [0, 0.1) is 0 Å². The van der Waals surface area contributed by atoms with Crippen molar-refractivity contribution < 1.29 is 0 Å². The molecule has 0 N–H and O–H groups in total. The van der Waals surface area contributed by atoms with Crippen molar-refractivity contribution in [1.29, 1.82) is 0 Å². The fourth-order valence-electron chi connectivity index (χ4n) is 5.68. The highest BCUT2D eigenvalue weighted by Crippen LogP contribution is 2.42. The Morgan fingerprint density at radius 3 is 1.26 bits per heavy atom. The Morgan fingerprint density at radius 1 is 0.471 bits per heavy atom. The van der Waals surface area contributed by atoms with Crippen LogP contribution in [0.4, 0.5) is 0 Å². The van der Waals surface area contributed by atoms with Gasteiger partial charge in [0.25, 0.3) is 0 Å². The van der Waals surface area contributed by atoms with Crippen LogP contribution in [0.15, 0.2) is 45.3 Å². The molecule has 0 aliphatic heterocycles. The lowest BCUT2D eigenvalue weighted by atomic mass is 9.86. The van der Waals surface area contributed by atoms with Gasteiger partial charge in [-0.3, -0.25) is 0 Å². The summed E-state index contributed by atoms with van der Waals surface area (Å²) in [6.07, 6.45) is 18.5. The quantitative estimate of drug-likeness (QED) is 0.102. The van der Waals surface area contributed by atoms with Crippen LogP contribution in [-0.2, 0) is 12.8 Å². The second-order valence-electron chi connectivity index (χ2n) is 10.2. The first kappa shape index (κ1) is 26.0. The molecule has 4 rings (SSSR count). The number of aryl methyl sites for hydroxylation is 2. The van der Waals surface area contributed by atoms with Gasteiger partial charge in [0.15, 0.2) is 0 Å². The minimum Gasteiger partial charge on any atom is -0.0654 e. The van der Waals surface area contributed by atoms with E-state index in [-0.39, 0.29) is 0 Å². The van der Waals surface area contributed by atoms with Crippen LogP contribution in [0.25, 0.3) is 32.3 Å². The summed E-state index contributed by atoms with van der Waals surface area (Å²) < 4.78 is 2.41. The normalized spacial score (nSPS) is 12.0. The number of halogens is 2. The maximum Gasteiger partial charge on any atom is 0.0187 e. The molecule has 0 spiro atoms. The Hall–Kier alpha value is -1.12. The van der Waals surface area contributed by atoms with Crippen molar-refractivity contribution in [3.8, 4) is 0 Å². The van der Waals surface area contributed by atoms with Gasteiger partial charge in [0.2, 0.25) is 0 Å². The largest absolute Gasteiger partial charge is 0.0654 e. The predicted molar refractivity (Wildman–Crippen MR) is 160 cm³/mol. The van der Waals surface area contributed by atoms with Gasteiger partial charge in [0.1, 0.15) is 0 Å². The van der Waals surface area contributed by atoms with Crippen LogP contribution >= 0.6 is 31.9 Å². The molecule has 0 saturated carbocycles. The topological polar surface area (TPSA) is 0 Å². The number of hydrogen-bond donors (Lipinski definition) is 0. The first-order valence-electron chi connectivity index (χ1n) is 13.7. The lowest BCUT2D eigenvalue weighted by molar-refractivity contribution is 0.608. The first-order valence-corrected chi connectivity index (χ1v) is 15.3. The molecule has 0 nitrogen and oxygen atoms in total. The SMILES string of the molecule is CCCCCCCCc1cc2cc(Br)cc3c(CCCCCCCC)cc4cc(Br)cc1c4c23. The Bertz CT molecular complexity index is 1110. The van der Waals surface area contributed by atoms with Crippen molar-refractivity contribution in [1.82, 2.24) is 0 Å². The maximum atomic E-state index is 3.84. The van der Waals surface area contributed by atoms with Crippen molar-refractivity contribution in [3.05, 3.63) is 56.5 Å². The molecule has 0 unspecified atom stereocenters. The van der Waals surface area contributed by atoms with Gasteiger partial charge in [-0.15, -0.1) is 0 Å². The summed E-state index contributed by atoms with van der Waals surface area (Å²) in [4.78, 5) is 0. The molecular weight excluding hydrogens is 544 g/mol. The van der Waals surface area contributed by atoms with Gasteiger partial charge < -0.3 is 0 Å². The van der Waals surface area contributed by atoms with E-state index in [0.717, 1.165) is 0 Å². The number of rotatable bonds is 14. The minimum absolute atomic E-state index is 1.17. The van der Waals surface area contributed by atoms with Gasteiger partial charge in [0.05, 0.1) is 0 Å². The zero-order valence-corrected chi connectivity index (χ0v) is 24.3. The van der Waals surface area contributed by atoms with Crippen molar-refractivity contribution >= 4 is 64.2 Å². The molecule has 0 amide bonds. The fraction of sp³-hybridized carbons (Fsp3) is 0.500. The number of hydrogen-bond acceptors (Lipinski definition) is 0. The van der Waals surface area contributed by atoms with Gasteiger partial charge in [-0.1, -0.05) is 122 Å². The van der Waals surface area contributed by atoms with E-state index in [1.807, 2.05) is 0 Å². The van der Waals surface area contributed by atoms with Crippen molar-refractivity contribution in [2.45, 2.75) is 104 Å². The second-order valence-corrected chi connectivity index (χ2v) is 12.0. The van der Waals surface area contributed by atoms with Gasteiger partial charge in [-0.2, -0.15) is 0 Å². The van der Waals surface area contributed by atoms with Gasteiger partial charge in [0, 0.05) is 8.95 Å². The molecule has 2 heteroatoms. The number of benzene rings is 4. The van der Waals surface area contributed by atoms with E-state index >= 15 is 0 Å². The maximum absolute atomic E-state index is 3.84. The van der Waals surface area contributed by atoms with Crippen LogP contribution in [0.2, 0.25) is 0 Å².